The second kappa shape index (κ2) is 14.9. The molecule has 0 heterocycles. The maximum absolute atomic E-state index is 5.38. The molecule has 0 aromatic rings. The molecule has 4 N–H and O–H groups in total. The van der Waals surface area contributed by atoms with Gasteiger partial charge in [0.1, 0.15) is 0 Å². The van der Waals surface area contributed by atoms with Crippen LogP contribution in [0.3, 0.4) is 0 Å². The summed E-state index contributed by atoms with van der Waals surface area (Å²) in [6.07, 6.45) is 4.27. The molecule has 106 valence electrons. The highest BCUT2D eigenvalue weighted by Gasteiger charge is 2.11. The second-order valence-electron chi connectivity index (χ2n) is 3.42. The van der Waals surface area contributed by atoms with Crippen LogP contribution in [0, 0.1) is 0 Å². The molecule has 0 aliphatic carbocycles. The molecule has 0 radical (unpaired) electrons. The minimum atomic E-state index is -2.22. The monoisotopic (exact) mass is 302 g/mol. The Labute approximate surface area is 116 Å². The van der Waals surface area contributed by atoms with Crippen molar-refractivity contribution in [1.29, 1.82) is 0 Å². The third-order valence-electron chi connectivity index (χ3n) is 1.67. The first-order valence-electron chi connectivity index (χ1n) is 6.06. The predicted molar refractivity (Wildman–Crippen MR) is 83.1 cm³/mol. The molecule has 0 unspecified atom stereocenters. The van der Waals surface area contributed by atoms with Crippen molar-refractivity contribution < 1.29 is 9.05 Å². The summed E-state index contributed by atoms with van der Waals surface area (Å²) >= 11 is 9.31. The molecule has 0 spiro atoms. The van der Waals surface area contributed by atoms with E-state index in [1.807, 2.05) is 0 Å². The average molecular weight is 302 g/mol. The van der Waals surface area contributed by atoms with Crippen molar-refractivity contribution >= 4 is 29.7 Å². The minimum Gasteiger partial charge on any atom is -0.329 e. The molecule has 0 bridgehead atoms. The lowest BCUT2D eigenvalue weighted by Crippen LogP contribution is -2.11. The van der Waals surface area contributed by atoms with Crippen molar-refractivity contribution in [2.75, 3.05) is 26.3 Å². The third-order valence-corrected chi connectivity index (χ3v) is 4.01. The molecule has 0 aliphatic heterocycles. The largest absolute Gasteiger partial charge is 0.329 e. The Hall–Kier alpha value is 0.840. The zero-order valence-electron chi connectivity index (χ0n) is 10.9. The van der Waals surface area contributed by atoms with Crippen LogP contribution in [0.15, 0.2) is 0 Å². The van der Waals surface area contributed by atoms with Crippen molar-refractivity contribution in [3.05, 3.63) is 0 Å². The topological polar surface area (TPSA) is 70.5 Å². The van der Waals surface area contributed by atoms with Crippen LogP contribution in [-0.4, -0.2) is 26.3 Å². The van der Waals surface area contributed by atoms with Gasteiger partial charge in [0, 0.05) is 13.1 Å². The van der Waals surface area contributed by atoms with E-state index < -0.39 is 5.69 Å². The van der Waals surface area contributed by atoms with Gasteiger partial charge in [0.2, 0.25) is 5.69 Å². The van der Waals surface area contributed by atoms with Crippen molar-refractivity contribution in [1.82, 2.24) is 0 Å². The van der Waals surface area contributed by atoms with Gasteiger partial charge in [-0.15, -0.1) is 0 Å². The van der Waals surface area contributed by atoms with Gasteiger partial charge in [-0.25, -0.2) is 0 Å². The molecular formula is C10H27N2O2PS2. The molecule has 0 aliphatic rings. The van der Waals surface area contributed by atoms with E-state index in [4.69, 9.17) is 32.3 Å². The maximum Gasteiger partial charge on any atom is 0.244 e. The van der Waals surface area contributed by atoms with Crippen LogP contribution in [0.2, 0.25) is 0 Å². The Bertz CT molecular complexity index is 181. The van der Waals surface area contributed by atoms with Gasteiger partial charge in [-0.05, 0) is 24.6 Å². The van der Waals surface area contributed by atoms with Gasteiger partial charge in [-0.1, -0.05) is 38.9 Å². The summed E-state index contributed by atoms with van der Waals surface area (Å²) in [5.41, 5.74) is 7.58. The quantitative estimate of drug-likeness (QED) is 0.347. The van der Waals surface area contributed by atoms with Crippen LogP contribution in [-0.2, 0) is 20.9 Å². The van der Waals surface area contributed by atoms with Gasteiger partial charge in [0.15, 0.2) is 0 Å². The van der Waals surface area contributed by atoms with Crippen LogP contribution >= 0.6 is 17.9 Å². The van der Waals surface area contributed by atoms with Crippen LogP contribution in [0.1, 0.15) is 39.5 Å². The average Bonchev–Trinajstić information content (AvgIpc) is 2.30. The first kappa shape index (κ1) is 20.2. The molecule has 4 nitrogen and oxygen atoms in total. The van der Waals surface area contributed by atoms with Crippen molar-refractivity contribution in [2.45, 2.75) is 39.5 Å². The molecule has 0 saturated heterocycles. The Morgan fingerprint density at radius 2 is 1.35 bits per heavy atom. The molecule has 0 fully saturated rings. The molecule has 0 aromatic heterocycles. The van der Waals surface area contributed by atoms with Crippen LogP contribution in [0.5, 0.6) is 0 Å². The van der Waals surface area contributed by atoms with Gasteiger partial charge < -0.3 is 20.5 Å². The molecular weight excluding hydrogens is 275 g/mol. The first-order valence-corrected chi connectivity index (χ1v) is 9.85. The summed E-state index contributed by atoms with van der Waals surface area (Å²) in [6, 6.07) is 0. The van der Waals surface area contributed by atoms with E-state index in [0.717, 1.165) is 25.7 Å². The fourth-order valence-electron chi connectivity index (χ4n) is 0.686. The first-order chi connectivity index (χ1) is 8.04. The number of hydrogen-bond acceptors (Lipinski definition) is 5. The lowest BCUT2D eigenvalue weighted by atomic mass is 10.4. The van der Waals surface area contributed by atoms with E-state index in [-0.39, 0.29) is 0 Å². The Morgan fingerprint density at radius 1 is 1.00 bits per heavy atom. The van der Waals surface area contributed by atoms with E-state index in [1.165, 1.54) is 0 Å². The van der Waals surface area contributed by atoms with E-state index in [2.05, 4.69) is 26.1 Å². The molecule has 17 heavy (non-hydrogen) atoms. The Morgan fingerprint density at radius 3 is 1.59 bits per heavy atom. The summed E-state index contributed by atoms with van der Waals surface area (Å²) < 4.78 is 10.8. The van der Waals surface area contributed by atoms with E-state index in [9.17, 15) is 0 Å². The summed E-state index contributed by atoms with van der Waals surface area (Å²) in [6.45, 7) is 6.76. The number of rotatable bonds is 9. The Balaban J connectivity index is 0. The lowest BCUT2D eigenvalue weighted by Gasteiger charge is -2.15. The number of nitrogens with two attached hydrogens (primary N) is 2. The predicted octanol–water partition coefficient (Wildman–Crippen LogP) is 2.68. The molecule has 0 amide bonds. The highest BCUT2D eigenvalue weighted by atomic mass is 32.9. The molecule has 0 aromatic carbocycles. The summed E-state index contributed by atoms with van der Waals surface area (Å²) in [5, 5.41) is 0. The molecule has 0 saturated carbocycles. The number of hydrogen-bond donors (Lipinski definition) is 3. The van der Waals surface area contributed by atoms with Gasteiger partial charge >= 0.3 is 0 Å². The zero-order chi connectivity index (χ0) is 13.6. The summed E-state index contributed by atoms with van der Waals surface area (Å²) in [4.78, 5) is 0. The summed E-state index contributed by atoms with van der Waals surface area (Å²) in [5.74, 6) is 0. The van der Waals surface area contributed by atoms with Crippen LogP contribution in [0.25, 0.3) is 0 Å². The second-order valence-corrected chi connectivity index (χ2v) is 8.71. The normalized spacial score (nSPS) is 10.9. The van der Waals surface area contributed by atoms with Crippen molar-refractivity contribution in [3.63, 3.8) is 0 Å². The zero-order valence-corrected chi connectivity index (χ0v) is 13.5. The smallest absolute Gasteiger partial charge is 0.244 e. The third kappa shape index (κ3) is 19.4. The highest BCUT2D eigenvalue weighted by molar-refractivity contribution is 8.60. The standard InChI is InChI=1S/C8H19O2PS2.C2H8N2/c1-3-5-7-9-11(12,13)10-8-6-4-2;3-1-2-4/h3-8H2,1-2H3,(H,12,13);1-4H2. The minimum absolute atomic E-state index is 0.597. The summed E-state index contributed by atoms with van der Waals surface area (Å²) in [7, 11) is 0. The van der Waals surface area contributed by atoms with Gasteiger partial charge in [-0.2, -0.15) is 0 Å². The molecule has 0 rings (SSSR count). The number of thiol groups is 1. The number of unbranched alkanes of at least 4 members (excludes halogenated alkanes) is 2. The van der Waals surface area contributed by atoms with Gasteiger partial charge in [0.05, 0.1) is 13.2 Å². The van der Waals surface area contributed by atoms with E-state index in [0.29, 0.717) is 26.3 Å². The molecule has 0 atom stereocenters. The van der Waals surface area contributed by atoms with Crippen LogP contribution in [0.4, 0.5) is 0 Å². The van der Waals surface area contributed by atoms with E-state index in [1.54, 1.807) is 0 Å². The maximum atomic E-state index is 5.38. The Kier molecular flexibility index (Phi) is 17.7. The SMILES string of the molecule is CCCCOP(=S)(S)OCCCC.NCCN. The fraction of sp³-hybridized carbons (Fsp3) is 1.00. The van der Waals surface area contributed by atoms with Crippen molar-refractivity contribution in [2.24, 2.45) is 11.5 Å². The van der Waals surface area contributed by atoms with E-state index >= 15 is 0 Å². The van der Waals surface area contributed by atoms with Crippen LogP contribution < -0.4 is 11.5 Å². The fourth-order valence-corrected chi connectivity index (χ4v) is 2.42. The molecule has 7 heteroatoms. The highest BCUT2D eigenvalue weighted by Crippen LogP contribution is 2.53. The van der Waals surface area contributed by atoms with Crippen molar-refractivity contribution in [3.8, 4) is 0 Å². The lowest BCUT2D eigenvalue weighted by molar-refractivity contribution is 0.253. The van der Waals surface area contributed by atoms with Gasteiger partial charge in [-0.3, -0.25) is 0 Å². The van der Waals surface area contributed by atoms with Gasteiger partial charge in [0.25, 0.3) is 0 Å².